The molecule has 0 aromatic rings. The molecule has 2 saturated heterocycles. The highest BCUT2D eigenvalue weighted by atomic mass is 17.3. The van der Waals surface area contributed by atoms with E-state index in [4.69, 9.17) is 19.2 Å². The number of carbonyl (C=O) groups is 3. The van der Waals surface area contributed by atoms with E-state index in [1.807, 2.05) is 0 Å². The van der Waals surface area contributed by atoms with E-state index in [1.165, 1.54) is 7.11 Å². The second-order valence-corrected chi connectivity index (χ2v) is 10.2. The molecular weight excluding hydrogens is 418 g/mol. The fraction of sp³-hybridized carbons (Fsp3) is 0.864. The molecule has 6 rings (SSSR count). The van der Waals surface area contributed by atoms with Crippen LogP contribution in [0, 0.1) is 17.8 Å². The summed E-state index contributed by atoms with van der Waals surface area (Å²) in [5.74, 6) is -0.983. The smallest absolute Gasteiger partial charge is 0.409 e. The van der Waals surface area contributed by atoms with E-state index in [1.54, 1.807) is 11.9 Å². The van der Waals surface area contributed by atoms with Crippen molar-refractivity contribution in [1.29, 1.82) is 0 Å². The number of carbonyl (C=O) groups excluding carboxylic acids is 3. The minimum Gasteiger partial charge on any atom is -0.453 e. The van der Waals surface area contributed by atoms with Gasteiger partial charge < -0.3 is 25.0 Å². The molecule has 6 fully saturated rings. The van der Waals surface area contributed by atoms with E-state index in [0.717, 1.165) is 32.1 Å². The molecule has 10 heteroatoms. The first-order chi connectivity index (χ1) is 15.3. The third-order valence-corrected chi connectivity index (χ3v) is 8.22. The summed E-state index contributed by atoms with van der Waals surface area (Å²) < 4.78 is 11.5. The second kappa shape index (κ2) is 7.85. The van der Waals surface area contributed by atoms with Gasteiger partial charge in [-0.15, -0.1) is 0 Å². The summed E-state index contributed by atoms with van der Waals surface area (Å²) in [7, 11) is 2.96. The molecule has 2 aliphatic heterocycles. The lowest BCUT2D eigenvalue weighted by molar-refractivity contribution is -0.391. The van der Waals surface area contributed by atoms with Crippen LogP contribution in [0.5, 0.6) is 0 Å². The van der Waals surface area contributed by atoms with Crippen LogP contribution in [0.1, 0.15) is 57.8 Å². The van der Waals surface area contributed by atoms with Crippen LogP contribution in [0.25, 0.3) is 0 Å². The Balaban J connectivity index is 1.25. The fourth-order valence-corrected chi connectivity index (χ4v) is 6.90. The van der Waals surface area contributed by atoms with Crippen LogP contribution in [-0.2, 0) is 28.8 Å². The van der Waals surface area contributed by atoms with Crippen molar-refractivity contribution in [3.63, 3.8) is 0 Å². The molecule has 0 aromatic carbocycles. The van der Waals surface area contributed by atoms with Gasteiger partial charge >= 0.3 is 6.09 Å². The summed E-state index contributed by atoms with van der Waals surface area (Å²) in [5.41, 5.74) is -0.252. The van der Waals surface area contributed by atoms with Crippen molar-refractivity contribution in [2.24, 2.45) is 17.8 Å². The topological polar surface area (TPSA) is 115 Å². The lowest BCUT2D eigenvalue weighted by atomic mass is 9.50. The molecule has 0 aromatic heterocycles. The Morgan fingerprint density at radius 1 is 1.00 bits per heavy atom. The molecule has 3 amide bonds. The summed E-state index contributed by atoms with van der Waals surface area (Å²) in [5, 5.41) is 5.84. The maximum absolute atomic E-state index is 12.6. The number of hydrogen-bond donors (Lipinski definition) is 2. The first kappa shape index (κ1) is 21.9. The van der Waals surface area contributed by atoms with Gasteiger partial charge in [-0.1, -0.05) is 0 Å². The molecule has 2 heterocycles. The molecule has 4 saturated carbocycles. The number of methoxy groups -OCH3 is 1. The summed E-state index contributed by atoms with van der Waals surface area (Å²) >= 11 is 0. The zero-order valence-electron chi connectivity index (χ0n) is 18.8. The van der Waals surface area contributed by atoms with Crippen LogP contribution in [0.4, 0.5) is 4.79 Å². The Bertz CT molecular complexity index is 778. The molecular formula is C22H33N3O7. The van der Waals surface area contributed by atoms with Gasteiger partial charge in [0.2, 0.25) is 23.4 Å². The third-order valence-electron chi connectivity index (χ3n) is 8.22. The molecule has 2 spiro atoms. The van der Waals surface area contributed by atoms with E-state index in [-0.39, 0.29) is 48.1 Å². The first-order valence-electron chi connectivity index (χ1n) is 11.7. The number of rotatable bonds is 4. The van der Waals surface area contributed by atoms with E-state index in [9.17, 15) is 14.4 Å². The highest BCUT2D eigenvalue weighted by Crippen LogP contribution is 2.64. The van der Waals surface area contributed by atoms with E-state index < -0.39 is 11.6 Å². The fourth-order valence-electron chi connectivity index (χ4n) is 6.90. The Kier molecular flexibility index (Phi) is 5.37. The van der Waals surface area contributed by atoms with Crippen LogP contribution in [0.3, 0.4) is 0 Å². The van der Waals surface area contributed by atoms with Gasteiger partial charge in [-0.05, 0) is 38.0 Å². The van der Waals surface area contributed by atoms with Crippen molar-refractivity contribution >= 4 is 17.9 Å². The van der Waals surface area contributed by atoms with Crippen molar-refractivity contribution in [3.05, 3.63) is 0 Å². The van der Waals surface area contributed by atoms with Crippen LogP contribution in [-0.4, -0.2) is 67.2 Å². The zero-order chi connectivity index (χ0) is 22.6. The Morgan fingerprint density at radius 3 is 2.28 bits per heavy atom. The van der Waals surface area contributed by atoms with E-state index in [2.05, 4.69) is 10.6 Å². The average Bonchev–Trinajstić information content (AvgIpc) is 3.15. The Labute approximate surface area is 187 Å². The average molecular weight is 452 g/mol. The number of amides is 3. The maximum Gasteiger partial charge on any atom is 0.409 e. The van der Waals surface area contributed by atoms with Crippen LogP contribution in [0.2, 0.25) is 0 Å². The van der Waals surface area contributed by atoms with Gasteiger partial charge in [0.1, 0.15) is 0 Å². The van der Waals surface area contributed by atoms with E-state index >= 15 is 0 Å². The van der Waals surface area contributed by atoms with Gasteiger partial charge in [-0.25, -0.2) is 4.79 Å². The first-order valence-corrected chi connectivity index (χ1v) is 11.7. The van der Waals surface area contributed by atoms with E-state index in [0.29, 0.717) is 31.8 Å². The second-order valence-electron chi connectivity index (χ2n) is 10.2. The van der Waals surface area contributed by atoms with Crippen LogP contribution >= 0.6 is 0 Å². The molecule has 2 atom stereocenters. The van der Waals surface area contributed by atoms with Gasteiger partial charge in [0, 0.05) is 63.2 Å². The van der Waals surface area contributed by atoms with Gasteiger partial charge in [0.25, 0.3) is 0 Å². The lowest BCUT2D eigenvalue weighted by Gasteiger charge is -2.62. The SMILES string of the molecule is CNC(=O)CCC(=O)NC12CC3CC(C1)C1(OOC4(CCN(C(=O)OC)CC4)O1)C(C3)C2. The molecule has 0 radical (unpaired) electrons. The summed E-state index contributed by atoms with van der Waals surface area (Å²) in [6, 6.07) is 0. The largest absolute Gasteiger partial charge is 0.453 e. The normalized spacial score (nSPS) is 38.8. The molecule has 10 nitrogen and oxygen atoms in total. The number of nitrogens with zero attached hydrogens (tertiary/aromatic N) is 1. The number of hydrogen-bond acceptors (Lipinski definition) is 7. The van der Waals surface area contributed by atoms with Crippen molar-refractivity contribution in [2.45, 2.75) is 74.9 Å². The number of nitrogens with one attached hydrogen (secondary N) is 2. The zero-order valence-corrected chi connectivity index (χ0v) is 18.8. The van der Waals surface area contributed by atoms with Gasteiger partial charge in [-0.2, -0.15) is 9.78 Å². The number of likely N-dealkylation sites (tertiary alicyclic amines) is 1. The monoisotopic (exact) mass is 451 g/mol. The van der Waals surface area contributed by atoms with Gasteiger partial charge in [0.05, 0.1) is 7.11 Å². The molecule has 2 N–H and O–H groups in total. The van der Waals surface area contributed by atoms with Gasteiger partial charge in [-0.3, -0.25) is 9.59 Å². The van der Waals surface area contributed by atoms with Crippen LogP contribution in [0.15, 0.2) is 0 Å². The number of piperidine rings is 1. The summed E-state index contributed by atoms with van der Waals surface area (Å²) in [6.07, 6.45) is 5.69. The molecule has 4 aliphatic carbocycles. The maximum atomic E-state index is 12.6. The van der Waals surface area contributed by atoms with Crippen molar-refractivity contribution < 1.29 is 33.6 Å². The van der Waals surface area contributed by atoms with Crippen molar-refractivity contribution in [3.8, 4) is 0 Å². The lowest BCUT2D eigenvalue weighted by Crippen LogP contribution is -2.69. The van der Waals surface area contributed by atoms with Crippen molar-refractivity contribution in [2.75, 3.05) is 27.2 Å². The highest BCUT2D eigenvalue weighted by Gasteiger charge is 2.70. The quantitative estimate of drug-likeness (QED) is 0.622. The number of ether oxygens (including phenoxy) is 2. The minimum absolute atomic E-state index is 0.0687. The van der Waals surface area contributed by atoms with Crippen LogP contribution < -0.4 is 10.6 Å². The predicted molar refractivity (Wildman–Crippen MR) is 110 cm³/mol. The third kappa shape index (κ3) is 3.56. The molecule has 2 unspecified atom stereocenters. The molecule has 4 bridgehead atoms. The standard InChI is InChI=1S/C22H33N3O7/c1-23-17(26)3-4-18(27)24-20-11-14-9-15(12-20)22(16(10-14)13-20)30-21(31-32-22)5-7-25(8-6-21)19(28)29-2/h14-16H,3-13H2,1-2H3,(H,23,26)(H,24,27). The summed E-state index contributed by atoms with van der Waals surface area (Å²) in [6.45, 7) is 0.991. The molecule has 6 aliphatic rings. The Morgan fingerprint density at radius 2 is 1.66 bits per heavy atom. The minimum atomic E-state index is -0.830. The highest BCUT2D eigenvalue weighted by molar-refractivity contribution is 5.84. The molecule has 32 heavy (non-hydrogen) atoms. The summed E-state index contributed by atoms with van der Waals surface area (Å²) in [4.78, 5) is 49.5. The molecule has 178 valence electrons. The Hall–Kier alpha value is -1.91. The predicted octanol–water partition coefficient (Wildman–Crippen LogP) is 1.44. The van der Waals surface area contributed by atoms with Gasteiger partial charge in [0.15, 0.2) is 0 Å². The van der Waals surface area contributed by atoms with Crippen molar-refractivity contribution in [1.82, 2.24) is 15.5 Å².